The predicted molar refractivity (Wildman–Crippen MR) is 55.9 cm³/mol. The molecule has 0 aromatic heterocycles. The van der Waals surface area contributed by atoms with Gasteiger partial charge in [-0.3, -0.25) is 0 Å². The Hall–Kier alpha value is -0.593. The fourth-order valence-corrected chi connectivity index (χ4v) is 1.96. The van der Waals surface area contributed by atoms with E-state index in [4.69, 9.17) is 14.3 Å². The Bertz CT molecular complexity index is 192. The van der Waals surface area contributed by atoms with Crippen molar-refractivity contribution in [1.82, 2.24) is 5.32 Å². The van der Waals surface area contributed by atoms with E-state index in [0.29, 0.717) is 0 Å². The molecular formula is C8H19NO4Si. The van der Waals surface area contributed by atoms with Gasteiger partial charge in [-0.25, -0.2) is 4.79 Å². The highest BCUT2D eigenvalue weighted by molar-refractivity contribution is 6.69. The molecule has 0 aliphatic carbocycles. The van der Waals surface area contributed by atoms with Gasteiger partial charge in [0.2, 0.25) is 0 Å². The van der Waals surface area contributed by atoms with Crippen LogP contribution in [0, 0.1) is 0 Å². The predicted octanol–water partition coefficient (Wildman–Crippen LogP) is 1.47. The van der Waals surface area contributed by atoms with Crippen LogP contribution in [0.3, 0.4) is 0 Å². The van der Waals surface area contributed by atoms with Crippen LogP contribution in [0.15, 0.2) is 0 Å². The van der Waals surface area contributed by atoms with Crippen molar-refractivity contribution in [1.29, 1.82) is 0 Å². The molecule has 2 atom stereocenters. The Morgan fingerprint density at radius 3 is 2.21 bits per heavy atom. The number of methoxy groups -OCH3 is 1. The summed E-state index contributed by atoms with van der Waals surface area (Å²) in [6.45, 7) is 7.77. The number of nitrogens with one attached hydrogen (secondary N) is 1. The first-order chi connectivity index (χ1) is 6.26. The molecule has 2 unspecified atom stereocenters. The summed E-state index contributed by atoms with van der Waals surface area (Å²) in [7, 11) is -0.208. The molecule has 6 heteroatoms. The molecule has 84 valence electrons. The molecule has 0 aliphatic rings. The first-order valence-corrected chi connectivity index (χ1v) is 7.87. The van der Waals surface area contributed by atoms with Crippen LogP contribution in [0.1, 0.15) is 6.92 Å². The quantitative estimate of drug-likeness (QED) is 0.545. The zero-order valence-corrected chi connectivity index (χ0v) is 10.3. The molecule has 14 heavy (non-hydrogen) atoms. The van der Waals surface area contributed by atoms with E-state index >= 15 is 0 Å². The van der Waals surface area contributed by atoms with Crippen LogP contribution >= 0.6 is 0 Å². The molecule has 0 heterocycles. The molecule has 2 N–H and O–H groups in total. The van der Waals surface area contributed by atoms with Gasteiger partial charge in [0.25, 0.3) is 0 Å². The van der Waals surface area contributed by atoms with Gasteiger partial charge in [0, 0.05) is 7.11 Å². The topological polar surface area (TPSA) is 67.8 Å². The molecule has 0 aromatic rings. The van der Waals surface area contributed by atoms with E-state index in [1.54, 1.807) is 6.92 Å². The van der Waals surface area contributed by atoms with E-state index < -0.39 is 20.7 Å². The van der Waals surface area contributed by atoms with Crippen LogP contribution in [0.4, 0.5) is 4.79 Å². The fraction of sp³-hybridized carbons (Fsp3) is 0.875. The maximum atomic E-state index is 10.4. The maximum absolute atomic E-state index is 10.4. The molecule has 0 radical (unpaired) electrons. The van der Waals surface area contributed by atoms with E-state index in [1.165, 1.54) is 7.11 Å². The zero-order valence-electron chi connectivity index (χ0n) is 9.33. The summed E-state index contributed by atoms with van der Waals surface area (Å²) >= 11 is 0. The zero-order chi connectivity index (χ0) is 11.4. The van der Waals surface area contributed by atoms with Crippen LogP contribution in [0.25, 0.3) is 0 Å². The maximum Gasteiger partial charge on any atom is 0.405 e. The number of amides is 1. The van der Waals surface area contributed by atoms with Crippen LogP contribution in [-0.4, -0.2) is 39.0 Å². The van der Waals surface area contributed by atoms with Crippen molar-refractivity contribution in [2.24, 2.45) is 0 Å². The van der Waals surface area contributed by atoms with Crippen LogP contribution in [-0.2, 0) is 9.16 Å². The Morgan fingerprint density at radius 1 is 1.43 bits per heavy atom. The molecule has 0 saturated carbocycles. The average Bonchev–Trinajstić information content (AvgIpc) is 1.96. The molecule has 0 bridgehead atoms. The van der Waals surface area contributed by atoms with Gasteiger partial charge in [-0.1, -0.05) is 0 Å². The van der Waals surface area contributed by atoms with Gasteiger partial charge >= 0.3 is 6.09 Å². The first-order valence-electron chi connectivity index (χ1n) is 4.46. The minimum Gasteiger partial charge on any atom is -0.465 e. The van der Waals surface area contributed by atoms with Crippen LogP contribution < -0.4 is 5.32 Å². The number of ether oxygens (including phenoxy) is 1. The van der Waals surface area contributed by atoms with Crippen LogP contribution in [0.5, 0.6) is 0 Å². The van der Waals surface area contributed by atoms with Gasteiger partial charge in [-0.15, -0.1) is 0 Å². The molecule has 0 aromatic carbocycles. The summed E-state index contributed by atoms with van der Waals surface area (Å²) in [5.74, 6) is 0. The second-order valence-corrected chi connectivity index (χ2v) is 8.53. The van der Waals surface area contributed by atoms with Gasteiger partial charge in [0.1, 0.15) is 0 Å². The lowest BCUT2D eigenvalue weighted by molar-refractivity contribution is -0.0777. The highest BCUT2D eigenvalue weighted by Gasteiger charge is 2.26. The summed E-state index contributed by atoms with van der Waals surface area (Å²) in [6, 6.07) is -0.371. The first kappa shape index (κ1) is 13.4. The summed E-state index contributed by atoms with van der Waals surface area (Å²) in [6.07, 6.45) is -1.59. The van der Waals surface area contributed by atoms with Crippen molar-refractivity contribution in [2.45, 2.75) is 38.9 Å². The van der Waals surface area contributed by atoms with Gasteiger partial charge in [-0.2, -0.15) is 0 Å². The summed E-state index contributed by atoms with van der Waals surface area (Å²) < 4.78 is 10.7. The van der Waals surface area contributed by atoms with Crippen molar-refractivity contribution in [2.75, 3.05) is 7.11 Å². The average molecular weight is 221 g/mol. The number of hydrogen-bond donors (Lipinski definition) is 2. The molecule has 0 spiro atoms. The van der Waals surface area contributed by atoms with Crippen molar-refractivity contribution in [3.8, 4) is 0 Å². The van der Waals surface area contributed by atoms with Crippen molar-refractivity contribution < 1.29 is 19.1 Å². The molecule has 0 saturated heterocycles. The molecule has 0 fully saturated rings. The van der Waals surface area contributed by atoms with Gasteiger partial charge < -0.3 is 19.6 Å². The van der Waals surface area contributed by atoms with Gasteiger partial charge in [0.05, 0.1) is 6.04 Å². The molecule has 0 aliphatic heterocycles. The van der Waals surface area contributed by atoms with E-state index in [0.717, 1.165) is 0 Å². The third-order valence-corrected chi connectivity index (χ3v) is 2.40. The standard InChI is InChI=1S/C8H19NO4Si/c1-6(9-8(10)11)7(12-2)13-14(3,4)5/h6-7,9H,1-5H3,(H,10,11). The van der Waals surface area contributed by atoms with Gasteiger partial charge in [0.15, 0.2) is 14.6 Å². The smallest absolute Gasteiger partial charge is 0.405 e. The fourth-order valence-electron chi connectivity index (χ4n) is 0.966. The lowest BCUT2D eigenvalue weighted by atomic mass is 10.3. The number of hydrogen-bond acceptors (Lipinski definition) is 3. The number of rotatable bonds is 5. The van der Waals surface area contributed by atoms with Gasteiger partial charge in [-0.05, 0) is 26.6 Å². The Balaban J connectivity index is 4.19. The van der Waals surface area contributed by atoms with E-state index in [-0.39, 0.29) is 6.04 Å². The van der Waals surface area contributed by atoms with E-state index in [2.05, 4.69) is 5.32 Å². The number of carbonyl (C=O) groups is 1. The van der Waals surface area contributed by atoms with E-state index in [9.17, 15) is 4.79 Å². The lowest BCUT2D eigenvalue weighted by Crippen LogP contribution is -2.47. The van der Waals surface area contributed by atoms with Crippen molar-refractivity contribution in [3.63, 3.8) is 0 Å². The monoisotopic (exact) mass is 221 g/mol. The minimum absolute atomic E-state index is 0.371. The summed E-state index contributed by atoms with van der Waals surface area (Å²) in [5, 5.41) is 10.8. The second kappa shape index (κ2) is 5.33. The largest absolute Gasteiger partial charge is 0.465 e. The minimum atomic E-state index is -1.71. The molecular weight excluding hydrogens is 202 g/mol. The molecule has 5 nitrogen and oxygen atoms in total. The summed E-state index contributed by atoms with van der Waals surface area (Å²) in [4.78, 5) is 10.4. The van der Waals surface area contributed by atoms with Crippen molar-refractivity contribution in [3.05, 3.63) is 0 Å². The highest BCUT2D eigenvalue weighted by atomic mass is 28.4. The Kier molecular flexibility index (Phi) is 5.10. The number of carboxylic acid groups (broad SMARTS) is 1. The third-order valence-electron chi connectivity index (χ3n) is 1.46. The normalized spacial score (nSPS) is 16.1. The van der Waals surface area contributed by atoms with Crippen LogP contribution in [0.2, 0.25) is 19.6 Å². The lowest BCUT2D eigenvalue weighted by Gasteiger charge is -2.29. The third kappa shape index (κ3) is 5.95. The highest BCUT2D eigenvalue weighted by Crippen LogP contribution is 2.10. The second-order valence-electron chi connectivity index (χ2n) is 4.07. The Morgan fingerprint density at radius 2 is 1.93 bits per heavy atom. The molecule has 0 rings (SSSR count). The summed E-state index contributed by atoms with van der Waals surface area (Å²) in [5.41, 5.74) is 0. The Labute approximate surface area is 85.5 Å². The molecule has 1 amide bonds. The van der Waals surface area contributed by atoms with Crippen molar-refractivity contribution >= 4 is 14.4 Å². The van der Waals surface area contributed by atoms with E-state index in [1.807, 2.05) is 19.6 Å². The SMILES string of the molecule is COC(O[Si](C)(C)C)C(C)NC(=O)O.